The smallest absolute Gasteiger partial charge is 0.133 e. The van der Waals surface area contributed by atoms with E-state index in [1.165, 1.54) is 18.2 Å². The summed E-state index contributed by atoms with van der Waals surface area (Å²) in [5.74, 6) is -1.18. The van der Waals surface area contributed by atoms with Gasteiger partial charge in [-0.15, -0.1) is 0 Å². The molecule has 0 radical (unpaired) electrons. The minimum atomic E-state index is -0.591. The number of para-hydroxylation sites is 2. The Balaban J connectivity index is 1.33. The Morgan fingerprint density at radius 1 is 0.358 bits per heavy atom. The monoisotopic (exact) mass is 686 g/mol. The third-order valence-corrected chi connectivity index (χ3v) is 10.6. The summed E-state index contributed by atoms with van der Waals surface area (Å²) in [4.78, 5) is 0. The first-order chi connectivity index (χ1) is 26.0. The maximum absolute atomic E-state index is 15.6. The number of fused-ring (bicyclic) bond motifs is 6. The molecule has 2 aromatic heterocycles. The van der Waals surface area contributed by atoms with Crippen molar-refractivity contribution in [3.63, 3.8) is 0 Å². The average molecular weight is 687 g/mol. The highest BCUT2D eigenvalue weighted by atomic mass is 19.1. The van der Waals surface area contributed by atoms with Crippen molar-refractivity contribution >= 4 is 43.6 Å². The number of aryl methyl sites for hydroxylation is 1. The first-order valence-electron chi connectivity index (χ1n) is 17.8. The summed E-state index contributed by atoms with van der Waals surface area (Å²) in [7, 11) is 0. The highest BCUT2D eigenvalue weighted by Gasteiger charge is 2.23. The van der Waals surface area contributed by atoms with Crippen LogP contribution in [0.3, 0.4) is 0 Å². The molecular weight excluding hydrogens is 655 g/mol. The Bertz CT molecular complexity index is 3010. The lowest BCUT2D eigenvalue weighted by Gasteiger charge is -2.20. The zero-order chi connectivity index (χ0) is 35.6. The molecular formula is C49H32F2N2. The molecule has 0 bridgehead atoms. The highest BCUT2D eigenvalue weighted by molar-refractivity contribution is 6.13. The fourth-order valence-electron chi connectivity index (χ4n) is 8.15. The van der Waals surface area contributed by atoms with Gasteiger partial charge in [-0.1, -0.05) is 115 Å². The molecule has 10 rings (SSSR count). The van der Waals surface area contributed by atoms with Gasteiger partial charge in [0.25, 0.3) is 0 Å². The van der Waals surface area contributed by atoms with E-state index >= 15 is 8.78 Å². The SMILES string of the molecule is Cc1cc(-n2c3ccccc3c3cc(-c4ccccc4)ccc32)c(-n2c3ccccc3c3cc(-c4ccccc4)ccc32)cc1-c1c(F)cccc1F. The van der Waals surface area contributed by atoms with E-state index in [0.29, 0.717) is 5.56 Å². The van der Waals surface area contributed by atoms with Crippen LogP contribution in [0.25, 0.3) is 88.4 Å². The molecule has 0 aliphatic carbocycles. The fraction of sp³-hybridized carbons (Fsp3) is 0.0204. The van der Waals surface area contributed by atoms with E-state index in [9.17, 15) is 0 Å². The number of benzene rings is 8. The Morgan fingerprint density at radius 2 is 0.792 bits per heavy atom. The number of hydrogen-bond donors (Lipinski definition) is 0. The van der Waals surface area contributed by atoms with Crippen LogP contribution in [-0.4, -0.2) is 9.13 Å². The Kier molecular flexibility index (Phi) is 7.12. The molecule has 0 unspecified atom stereocenters. The predicted octanol–water partition coefficient (Wildman–Crippen LogP) is 13.5. The minimum absolute atomic E-state index is 0.0281. The fourth-order valence-corrected chi connectivity index (χ4v) is 8.15. The minimum Gasteiger partial charge on any atom is -0.307 e. The molecule has 0 fully saturated rings. The second kappa shape index (κ2) is 12.2. The van der Waals surface area contributed by atoms with Crippen LogP contribution in [0.2, 0.25) is 0 Å². The Morgan fingerprint density at radius 3 is 1.30 bits per heavy atom. The van der Waals surface area contributed by atoms with Gasteiger partial charge in [0.15, 0.2) is 0 Å². The lowest BCUT2D eigenvalue weighted by molar-refractivity contribution is 0.589. The van der Waals surface area contributed by atoms with Crippen molar-refractivity contribution in [2.45, 2.75) is 6.92 Å². The van der Waals surface area contributed by atoms with E-state index in [-0.39, 0.29) is 5.56 Å². The maximum atomic E-state index is 15.6. The van der Waals surface area contributed by atoms with Crippen molar-refractivity contribution in [2.24, 2.45) is 0 Å². The topological polar surface area (TPSA) is 9.86 Å². The summed E-state index contributed by atoms with van der Waals surface area (Å²) in [5.41, 5.74) is 11.6. The molecule has 0 atom stereocenters. The highest BCUT2D eigenvalue weighted by Crippen LogP contribution is 2.43. The molecule has 4 heteroatoms. The molecule has 2 nitrogen and oxygen atoms in total. The Hall–Kier alpha value is -6.78. The number of hydrogen-bond acceptors (Lipinski definition) is 0. The lowest BCUT2D eigenvalue weighted by Crippen LogP contribution is -2.06. The maximum Gasteiger partial charge on any atom is 0.133 e. The molecule has 0 N–H and O–H groups in total. The van der Waals surface area contributed by atoms with Gasteiger partial charge in [0.2, 0.25) is 0 Å². The van der Waals surface area contributed by atoms with Gasteiger partial charge in [-0.25, -0.2) is 8.78 Å². The van der Waals surface area contributed by atoms with E-state index < -0.39 is 11.6 Å². The van der Waals surface area contributed by atoms with Crippen LogP contribution >= 0.6 is 0 Å². The van der Waals surface area contributed by atoms with E-state index in [2.05, 4.69) is 143 Å². The summed E-state index contributed by atoms with van der Waals surface area (Å²) < 4.78 is 35.8. The molecule has 0 aliphatic heterocycles. The lowest BCUT2D eigenvalue weighted by atomic mass is 9.97. The molecule has 8 aromatic carbocycles. The van der Waals surface area contributed by atoms with Crippen LogP contribution in [0.5, 0.6) is 0 Å². The summed E-state index contributed by atoms with van der Waals surface area (Å²) in [6, 6.07) is 59.0. The first-order valence-corrected chi connectivity index (χ1v) is 17.8. The van der Waals surface area contributed by atoms with Gasteiger partial charge in [-0.05, 0) is 101 Å². The largest absolute Gasteiger partial charge is 0.307 e. The molecule has 2 heterocycles. The van der Waals surface area contributed by atoms with Crippen LogP contribution in [0.4, 0.5) is 8.78 Å². The quantitative estimate of drug-likeness (QED) is 0.171. The summed E-state index contributed by atoms with van der Waals surface area (Å²) >= 11 is 0. The number of halogens is 2. The second-order valence-electron chi connectivity index (χ2n) is 13.7. The molecule has 0 aliphatic rings. The van der Waals surface area contributed by atoms with Crippen molar-refractivity contribution < 1.29 is 8.78 Å². The molecule has 53 heavy (non-hydrogen) atoms. The first kappa shape index (κ1) is 31.0. The van der Waals surface area contributed by atoms with Crippen LogP contribution in [0, 0.1) is 18.6 Å². The van der Waals surface area contributed by atoms with Gasteiger partial charge in [-0.3, -0.25) is 0 Å². The van der Waals surface area contributed by atoms with Gasteiger partial charge in [0.1, 0.15) is 11.6 Å². The van der Waals surface area contributed by atoms with E-state index in [1.807, 2.05) is 31.2 Å². The van der Waals surface area contributed by atoms with Crippen LogP contribution in [-0.2, 0) is 0 Å². The van der Waals surface area contributed by atoms with Crippen molar-refractivity contribution in [2.75, 3.05) is 0 Å². The van der Waals surface area contributed by atoms with Crippen LogP contribution in [0.1, 0.15) is 5.56 Å². The van der Waals surface area contributed by atoms with E-state index in [1.54, 1.807) is 0 Å². The zero-order valence-corrected chi connectivity index (χ0v) is 28.9. The third kappa shape index (κ3) is 4.91. The second-order valence-corrected chi connectivity index (χ2v) is 13.7. The molecule has 0 saturated heterocycles. The van der Waals surface area contributed by atoms with E-state index in [0.717, 1.165) is 82.8 Å². The van der Waals surface area contributed by atoms with Gasteiger partial charge >= 0.3 is 0 Å². The summed E-state index contributed by atoms with van der Waals surface area (Å²) in [6.07, 6.45) is 0. The van der Waals surface area contributed by atoms with Gasteiger partial charge in [0.05, 0.1) is 39.0 Å². The summed E-state index contributed by atoms with van der Waals surface area (Å²) in [5, 5.41) is 4.45. The van der Waals surface area contributed by atoms with Gasteiger partial charge in [-0.2, -0.15) is 0 Å². The number of rotatable bonds is 5. The predicted molar refractivity (Wildman–Crippen MR) is 216 cm³/mol. The van der Waals surface area contributed by atoms with Crippen molar-refractivity contribution in [1.82, 2.24) is 9.13 Å². The average Bonchev–Trinajstić information content (AvgIpc) is 3.71. The van der Waals surface area contributed by atoms with Crippen LogP contribution < -0.4 is 0 Å². The van der Waals surface area contributed by atoms with E-state index in [4.69, 9.17) is 0 Å². The molecule has 0 spiro atoms. The number of aromatic nitrogens is 2. The zero-order valence-electron chi connectivity index (χ0n) is 28.9. The summed E-state index contributed by atoms with van der Waals surface area (Å²) in [6.45, 7) is 1.94. The molecule has 0 saturated carbocycles. The number of nitrogens with zero attached hydrogens (tertiary/aromatic N) is 2. The molecule has 252 valence electrons. The third-order valence-electron chi connectivity index (χ3n) is 10.6. The van der Waals surface area contributed by atoms with Gasteiger partial charge in [0, 0.05) is 21.5 Å². The van der Waals surface area contributed by atoms with Crippen molar-refractivity contribution in [3.05, 3.63) is 193 Å². The van der Waals surface area contributed by atoms with Crippen molar-refractivity contribution in [3.8, 4) is 44.8 Å². The normalized spacial score (nSPS) is 11.7. The standard InChI is InChI=1S/C49H32F2N2/c1-31-27-47(52-43-21-10-8-17-36(43)39-28-34(23-25-45(39)52)32-13-4-2-5-14-32)48(30-38(31)49-41(50)19-12-20-42(49)51)53-44-22-11-9-18-37(44)40-29-35(24-26-46(40)53)33-15-6-3-7-16-33/h2-30H,1H3. The van der Waals surface area contributed by atoms with Gasteiger partial charge < -0.3 is 9.13 Å². The molecule has 0 amide bonds. The Labute approximate surface area is 305 Å². The molecule has 10 aromatic rings. The van der Waals surface area contributed by atoms with Crippen LogP contribution in [0.15, 0.2) is 176 Å². The van der Waals surface area contributed by atoms with Crippen molar-refractivity contribution in [1.29, 1.82) is 0 Å².